The van der Waals surface area contributed by atoms with Crippen molar-refractivity contribution in [3.8, 4) is 0 Å². The zero-order chi connectivity index (χ0) is 10.5. The lowest BCUT2D eigenvalue weighted by Crippen LogP contribution is -2.12. The SMILES string of the molecule is CCNCc1noc(Cc2cccs2)n1. The van der Waals surface area contributed by atoms with E-state index >= 15 is 0 Å². The maximum atomic E-state index is 5.14. The molecule has 2 heterocycles. The number of nitrogens with zero attached hydrogens (tertiary/aromatic N) is 2. The van der Waals surface area contributed by atoms with Gasteiger partial charge in [0.05, 0.1) is 13.0 Å². The van der Waals surface area contributed by atoms with Crippen molar-refractivity contribution < 1.29 is 4.52 Å². The fourth-order valence-electron chi connectivity index (χ4n) is 1.23. The molecule has 2 aromatic heterocycles. The molecule has 0 aliphatic rings. The van der Waals surface area contributed by atoms with Crippen LogP contribution in [0.3, 0.4) is 0 Å². The molecule has 0 aromatic carbocycles. The number of aromatic nitrogens is 2. The number of rotatable bonds is 5. The van der Waals surface area contributed by atoms with Gasteiger partial charge in [-0.1, -0.05) is 18.1 Å². The van der Waals surface area contributed by atoms with Crippen molar-refractivity contribution in [1.82, 2.24) is 15.5 Å². The summed E-state index contributed by atoms with van der Waals surface area (Å²) in [5, 5.41) is 9.09. The Labute approximate surface area is 92.3 Å². The lowest BCUT2D eigenvalue weighted by molar-refractivity contribution is 0.378. The second-order valence-corrected chi connectivity index (χ2v) is 4.17. The van der Waals surface area contributed by atoms with E-state index in [0.717, 1.165) is 18.8 Å². The maximum absolute atomic E-state index is 5.14. The minimum absolute atomic E-state index is 0.671. The third-order valence-electron chi connectivity index (χ3n) is 1.95. The van der Waals surface area contributed by atoms with Gasteiger partial charge in [-0.15, -0.1) is 11.3 Å². The summed E-state index contributed by atoms with van der Waals surface area (Å²) < 4.78 is 5.14. The van der Waals surface area contributed by atoms with Crippen molar-refractivity contribution in [2.75, 3.05) is 6.54 Å². The lowest BCUT2D eigenvalue weighted by Gasteiger charge is -1.92. The molecule has 15 heavy (non-hydrogen) atoms. The number of hydrogen-bond donors (Lipinski definition) is 1. The molecule has 4 nitrogen and oxygen atoms in total. The largest absolute Gasteiger partial charge is 0.339 e. The highest BCUT2D eigenvalue weighted by Gasteiger charge is 2.06. The van der Waals surface area contributed by atoms with Crippen molar-refractivity contribution in [3.63, 3.8) is 0 Å². The zero-order valence-corrected chi connectivity index (χ0v) is 9.38. The van der Waals surface area contributed by atoms with Crippen LogP contribution in [-0.2, 0) is 13.0 Å². The molecule has 2 rings (SSSR count). The second-order valence-electron chi connectivity index (χ2n) is 3.14. The summed E-state index contributed by atoms with van der Waals surface area (Å²) in [6.45, 7) is 3.63. The minimum atomic E-state index is 0.671. The van der Waals surface area contributed by atoms with Gasteiger partial charge in [0.2, 0.25) is 5.89 Å². The maximum Gasteiger partial charge on any atom is 0.231 e. The summed E-state index contributed by atoms with van der Waals surface area (Å²) >= 11 is 1.70. The normalized spacial score (nSPS) is 10.7. The smallest absolute Gasteiger partial charge is 0.231 e. The van der Waals surface area contributed by atoms with Crippen molar-refractivity contribution in [1.29, 1.82) is 0 Å². The number of thiophene rings is 1. The highest BCUT2D eigenvalue weighted by molar-refractivity contribution is 7.09. The summed E-state index contributed by atoms with van der Waals surface area (Å²) in [4.78, 5) is 5.53. The summed E-state index contributed by atoms with van der Waals surface area (Å²) in [7, 11) is 0. The monoisotopic (exact) mass is 223 g/mol. The van der Waals surface area contributed by atoms with E-state index in [9.17, 15) is 0 Å². The van der Waals surface area contributed by atoms with Crippen LogP contribution < -0.4 is 5.32 Å². The molecule has 80 valence electrons. The van der Waals surface area contributed by atoms with Crippen LogP contribution >= 0.6 is 11.3 Å². The van der Waals surface area contributed by atoms with E-state index in [1.54, 1.807) is 11.3 Å². The van der Waals surface area contributed by atoms with Gasteiger partial charge < -0.3 is 9.84 Å². The fourth-order valence-corrected chi connectivity index (χ4v) is 1.93. The Balaban J connectivity index is 1.95. The van der Waals surface area contributed by atoms with Gasteiger partial charge in [-0.05, 0) is 18.0 Å². The van der Waals surface area contributed by atoms with E-state index in [0.29, 0.717) is 12.4 Å². The minimum Gasteiger partial charge on any atom is -0.339 e. The molecule has 0 aliphatic carbocycles. The van der Waals surface area contributed by atoms with E-state index < -0.39 is 0 Å². The van der Waals surface area contributed by atoms with Crippen LogP contribution in [0.5, 0.6) is 0 Å². The van der Waals surface area contributed by atoms with Crippen LogP contribution in [0, 0.1) is 0 Å². The Morgan fingerprint density at radius 1 is 1.53 bits per heavy atom. The van der Waals surface area contributed by atoms with Gasteiger partial charge in [0.25, 0.3) is 0 Å². The summed E-state index contributed by atoms with van der Waals surface area (Å²) in [5.41, 5.74) is 0. The third kappa shape index (κ3) is 2.87. The first kappa shape index (κ1) is 10.3. The van der Waals surface area contributed by atoms with E-state index in [1.807, 2.05) is 18.4 Å². The molecule has 0 unspecified atom stereocenters. The first-order valence-electron chi connectivity index (χ1n) is 4.93. The van der Waals surface area contributed by atoms with Crippen LogP contribution in [0.4, 0.5) is 0 Å². The third-order valence-corrected chi connectivity index (χ3v) is 2.83. The molecule has 1 N–H and O–H groups in total. The highest BCUT2D eigenvalue weighted by Crippen LogP contribution is 2.13. The molecule has 0 radical (unpaired) electrons. The first-order chi connectivity index (χ1) is 7.38. The molecule has 0 bridgehead atoms. The molecule has 0 amide bonds. The molecule has 0 saturated heterocycles. The van der Waals surface area contributed by atoms with Crippen molar-refractivity contribution in [2.45, 2.75) is 19.9 Å². The Hall–Kier alpha value is -1.20. The topological polar surface area (TPSA) is 51.0 Å². The van der Waals surface area contributed by atoms with Gasteiger partial charge in [0.15, 0.2) is 5.82 Å². The Morgan fingerprint density at radius 2 is 2.47 bits per heavy atom. The van der Waals surface area contributed by atoms with E-state index in [1.165, 1.54) is 4.88 Å². The van der Waals surface area contributed by atoms with Crippen LogP contribution in [0.1, 0.15) is 23.5 Å². The Kier molecular flexibility index (Phi) is 3.47. The Bertz CT molecular complexity index is 396. The average Bonchev–Trinajstić information content (AvgIpc) is 2.87. The Morgan fingerprint density at radius 3 is 3.20 bits per heavy atom. The summed E-state index contributed by atoms with van der Waals surface area (Å²) in [6, 6.07) is 4.09. The quantitative estimate of drug-likeness (QED) is 0.840. The molecule has 0 spiro atoms. The van der Waals surface area contributed by atoms with Crippen LogP contribution in [-0.4, -0.2) is 16.7 Å². The van der Waals surface area contributed by atoms with Crippen molar-refractivity contribution >= 4 is 11.3 Å². The molecule has 5 heteroatoms. The van der Waals surface area contributed by atoms with Gasteiger partial charge in [0.1, 0.15) is 0 Å². The molecule has 0 fully saturated rings. The predicted octanol–water partition coefficient (Wildman–Crippen LogP) is 1.83. The molecular formula is C10H13N3OS. The van der Waals surface area contributed by atoms with Crippen LogP contribution in [0.15, 0.2) is 22.0 Å². The zero-order valence-electron chi connectivity index (χ0n) is 8.56. The van der Waals surface area contributed by atoms with Gasteiger partial charge in [0, 0.05) is 4.88 Å². The van der Waals surface area contributed by atoms with E-state index in [4.69, 9.17) is 4.52 Å². The van der Waals surface area contributed by atoms with Gasteiger partial charge >= 0.3 is 0 Å². The van der Waals surface area contributed by atoms with Crippen LogP contribution in [0.2, 0.25) is 0 Å². The fraction of sp³-hybridized carbons (Fsp3) is 0.400. The van der Waals surface area contributed by atoms with E-state index in [-0.39, 0.29) is 0 Å². The molecule has 0 saturated carbocycles. The van der Waals surface area contributed by atoms with Crippen molar-refractivity contribution in [2.24, 2.45) is 0 Å². The van der Waals surface area contributed by atoms with Gasteiger partial charge in [-0.2, -0.15) is 4.98 Å². The molecular weight excluding hydrogens is 210 g/mol. The standard InChI is InChI=1S/C10H13N3OS/c1-2-11-7-9-12-10(14-13-9)6-8-4-3-5-15-8/h3-5,11H,2,6-7H2,1H3. The molecule has 0 atom stereocenters. The van der Waals surface area contributed by atoms with Crippen LogP contribution in [0.25, 0.3) is 0 Å². The first-order valence-corrected chi connectivity index (χ1v) is 5.81. The van der Waals surface area contributed by atoms with Gasteiger partial charge in [-0.25, -0.2) is 0 Å². The second kappa shape index (κ2) is 5.04. The number of nitrogens with one attached hydrogen (secondary N) is 1. The highest BCUT2D eigenvalue weighted by atomic mass is 32.1. The summed E-state index contributed by atoms with van der Waals surface area (Å²) in [5.74, 6) is 1.41. The predicted molar refractivity (Wildman–Crippen MR) is 58.8 cm³/mol. The molecule has 0 aliphatic heterocycles. The number of hydrogen-bond acceptors (Lipinski definition) is 5. The van der Waals surface area contributed by atoms with Gasteiger partial charge in [-0.3, -0.25) is 0 Å². The van der Waals surface area contributed by atoms with E-state index in [2.05, 4.69) is 21.5 Å². The van der Waals surface area contributed by atoms with Crippen molar-refractivity contribution in [3.05, 3.63) is 34.1 Å². The lowest BCUT2D eigenvalue weighted by atomic mass is 10.3. The average molecular weight is 223 g/mol. The molecule has 2 aromatic rings. The summed E-state index contributed by atoms with van der Waals surface area (Å²) in [6.07, 6.45) is 0.733.